The summed E-state index contributed by atoms with van der Waals surface area (Å²) in [7, 11) is 1.95. The van der Waals surface area contributed by atoms with Gasteiger partial charge in [-0.25, -0.2) is 0 Å². The average molecular weight is 195 g/mol. The lowest BCUT2D eigenvalue weighted by molar-refractivity contribution is 0.347. The van der Waals surface area contributed by atoms with Gasteiger partial charge in [0.25, 0.3) is 0 Å². The van der Waals surface area contributed by atoms with E-state index in [9.17, 15) is 0 Å². The first kappa shape index (κ1) is 11.2. The second-order valence-corrected chi connectivity index (χ2v) is 4.48. The van der Waals surface area contributed by atoms with Gasteiger partial charge >= 0.3 is 0 Å². The van der Waals surface area contributed by atoms with Gasteiger partial charge in [0.05, 0.1) is 6.20 Å². The number of hydrogen-bond donors (Lipinski definition) is 1. The van der Waals surface area contributed by atoms with E-state index in [4.69, 9.17) is 0 Å². The van der Waals surface area contributed by atoms with Gasteiger partial charge in [0.15, 0.2) is 0 Å². The topological polar surface area (TPSA) is 29.9 Å². The van der Waals surface area contributed by atoms with Crippen LogP contribution in [-0.4, -0.2) is 15.8 Å². The Balaban J connectivity index is 2.74. The van der Waals surface area contributed by atoms with Crippen molar-refractivity contribution in [2.75, 3.05) is 0 Å². The van der Waals surface area contributed by atoms with Crippen LogP contribution >= 0.6 is 0 Å². The molecule has 0 aliphatic carbocycles. The van der Waals surface area contributed by atoms with Gasteiger partial charge in [-0.15, -0.1) is 0 Å². The highest BCUT2D eigenvalue weighted by atomic mass is 15.2. The third-order valence-corrected chi connectivity index (χ3v) is 2.65. The zero-order valence-corrected chi connectivity index (χ0v) is 9.83. The van der Waals surface area contributed by atoms with Gasteiger partial charge in [-0.1, -0.05) is 6.92 Å². The van der Waals surface area contributed by atoms with Crippen LogP contribution < -0.4 is 5.32 Å². The van der Waals surface area contributed by atoms with Crippen molar-refractivity contribution in [1.29, 1.82) is 0 Å². The minimum atomic E-state index is 0.00366. The molecule has 0 bridgehead atoms. The summed E-state index contributed by atoms with van der Waals surface area (Å²) in [5.74, 6) is 0. The molecule has 0 fully saturated rings. The average Bonchev–Trinajstić information content (AvgIpc) is 2.51. The standard InChI is InChI=1S/C11H21N3/c1-6-9(2)13-11(3,4)10-7-12-14(5)8-10/h7-9,13H,6H2,1-5H3. The molecule has 1 atom stereocenters. The van der Waals surface area contributed by atoms with Gasteiger partial charge in [-0.2, -0.15) is 5.10 Å². The zero-order valence-electron chi connectivity index (χ0n) is 9.83. The Morgan fingerprint density at radius 1 is 1.57 bits per heavy atom. The predicted octanol–water partition coefficient (Wildman–Crippen LogP) is 2.04. The summed E-state index contributed by atoms with van der Waals surface area (Å²) in [4.78, 5) is 0. The van der Waals surface area contributed by atoms with Crippen LogP contribution in [0.4, 0.5) is 0 Å². The highest BCUT2D eigenvalue weighted by Gasteiger charge is 2.22. The van der Waals surface area contributed by atoms with Gasteiger partial charge in [0, 0.05) is 30.4 Å². The number of hydrogen-bond acceptors (Lipinski definition) is 2. The van der Waals surface area contributed by atoms with E-state index in [1.165, 1.54) is 5.56 Å². The van der Waals surface area contributed by atoms with Crippen molar-refractivity contribution in [3.05, 3.63) is 18.0 Å². The molecule has 0 aromatic carbocycles. The molecule has 14 heavy (non-hydrogen) atoms. The van der Waals surface area contributed by atoms with E-state index in [1.807, 2.05) is 17.9 Å². The zero-order chi connectivity index (χ0) is 10.8. The van der Waals surface area contributed by atoms with Crippen LogP contribution in [0.25, 0.3) is 0 Å². The van der Waals surface area contributed by atoms with Gasteiger partial charge in [0.2, 0.25) is 0 Å². The smallest absolute Gasteiger partial charge is 0.0540 e. The Morgan fingerprint density at radius 2 is 2.21 bits per heavy atom. The van der Waals surface area contributed by atoms with Crippen LogP contribution in [0.3, 0.4) is 0 Å². The highest BCUT2D eigenvalue weighted by molar-refractivity contribution is 5.15. The minimum Gasteiger partial charge on any atom is -0.305 e. The van der Waals surface area contributed by atoms with Crippen molar-refractivity contribution in [3.63, 3.8) is 0 Å². The van der Waals surface area contributed by atoms with Crippen molar-refractivity contribution in [1.82, 2.24) is 15.1 Å². The third-order valence-electron chi connectivity index (χ3n) is 2.65. The fourth-order valence-corrected chi connectivity index (χ4v) is 1.55. The van der Waals surface area contributed by atoms with E-state index in [1.54, 1.807) is 0 Å². The number of rotatable bonds is 4. The molecule has 0 saturated heterocycles. The predicted molar refractivity (Wildman–Crippen MR) is 59.1 cm³/mol. The summed E-state index contributed by atoms with van der Waals surface area (Å²) >= 11 is 0. The first-order chi connectivity index (χ1) is 6.45. The molecule has 1 unspecified atom stereocenters. The molecular formula is C11H21N3. The fraction of sp³-hybridized carbons (Fsp3) is 0.727. The Bertz CT molecular complexity index is 288. The molecule has 0 aliphatic heterocycles. The van der Waals surface area contributed by atoms with E-state index >= 15 is 0 Å². The second-order valence-electron chi connectivity index (χ2n) is 4.48. The quantitative estimate of drug-likeness (QED) is 0.797. The molecular weight excluding hydrogens is 174 g/mol. The Hall–Kier alpha value is -0.830. The summed E-state index contributed by atoms with van der Waals surface area (Å²) in [5, 5.41) is 7.77. The maximum Gasteiger partial charge on any atom is 0.0540 e. The number of nitrogens with one attached hydrogen (secondary N) is 1. The first-order valence-electron chi connectivity index (χ1n) is 5.22. The lowest BCUT2D eigenvalue weighted by atomic mass is 9.96. The molecule has 80 valence electrons. The van der Waals surface area contributed by atoms with Crippen LogP contribution in [-0.2, 0) is 12.6 Å². The van der Waals surface area contributed by atoms with E-state index in [0.717, 1.165) is 6.42 Å². The summed E-state index contributed by atoms with van der Waals surface area (Å²) in [5.41, 5.74) is 1.24. The summed E-state index contributed by atoms with van der Waals surface area (Å²) in [6.45, 7) is 8.78. The van der Waals surface area contributed by atoms with Gasteiger partial charge in [-0.3, -0.25) is 4.68 Å². The van der Waals surface area contributed by atoms with Crippen LogP contribution in [0, 0.1) is 0 Å². The fourth-order valence-electron chi connectivity index (χ4n) is 1.55. The molecule has 0 spiro atoms. The molecule has 1 aromatic rings. The van der Waals surface area contributed by atoms with E-state index in [2.05, 4.69) is 44.3 Å². The second kappa shape index (κ2) is 4.13. The normalized spacial score (nSPS) is 14.4. The molecule has 0 saturated carbocycles. The van der Waals surface area contributed by atoms with Gasteiger partial charge in [0.1, 0.15) is 0 Å². The lowest BCUT2D eigenvalue weighted by Gasteiger charge is -2.29. The summed E-state index contributed by atoms with van der Waals surface area (Å²) < 4.78 is 1.84. The van der Waals surface area contributed by atoms with Crippen molar-refractivity contribution in [2.45, 2.75) is 45.7 Å². The maximum atomic E-state index is 4.19. The SMILES string of the molecule is CCC(C)NC(C)(C)c1cnn(C)c1. The Labute approximate surface area is 86.5 Å². The number of aryl methyl sites for hydroxylation is 1. The molecule has 0 amide bonds. The summed E-state index contributed by atoms with van der Waals surface area (Å²) in [6, 6.07) is 0.533. The molecule has 1 heterocycles. The van der Waals surface area contributed by atoms with Crippen molar-refractivity contribution in [2.24, 2.45) is 7.05 Å². The number of aromatic nitrogens is 2. The van der Waals surface area contributed by atoms with Crippen molar-refractivity contribution < 1.29 is 0 Å². The van der Waals surface area contributed by atoms with E-state index < -0.39 is 0 Å². The van der Waals surface area contributed by atoms with Gasteiger partial charge < -0.3 is 5.32 Å². The van der Waals surface area contributed by atoms with Crippen LogP contribution in [0.1, 0.15) is 39.7 Å². The molecule has 1 N–H and O–H groups in total. The number of nitrogens with zero attached hydrogens (tertiary/aromatic N) is 2. The molecule has 0 radical (unpaired) electrons. The first-order valence-corrected chi connectivity index (χ1v) is 5.22. The lowest BCUT2D eigenvalue weighted by Crippen LogP contribution is -2.41. The monoisotopic (exact) mass is 195 g/mol. The van der Waals surface area contributed by atoms with Crippen molar-refractivity contribution in [3.8, 4) is 0 Å². The highest BCUT2D eigenvalue weighted by Crippen LogP contribution is 2.19. The van der Waals surface area contributed by atoms with Crippen LogP contribution in [0.2, 0.25) is 0 Å². The van der Waals surface area contributed by atoms with Crippen LogP contribution in [0.15, 0.2) is 12.4 Å². The molecule has 1 rings (SSSR count). The molecule has 1 aromatic heterocycles. The Kier molecular flexibility index (Phi) is 3.32. The molecule has 0 aliphatic rings. The maximum absolute atomic E-state index is 4.19. The molecule has 3 heteroatoms. The van der Waals surface area contributed by atoms with E-state index in [0.29, 0.717) is 6.04 Å². The minimum absolute atomic E-state index is 0.00366. The van der Waals surface area contributed by atoms with Crippen LogP contribution in [0.5, 0.6) is 0 Å². The third kappa shape index (κ3) is 2.58. The molecule has 3 nitrogen and oxygen atoms in total. The largest absolute Gasteiger partial charge is 0.305 e. The van der Waals surface area contributed by atoms with Gasteiger partial charge in [-0.05, 0) is 27.2 Å². The van der Waals surface area contributed by atoms with Crippen molar-refractivity contribution >= 4 is 0 Å². The Morgan fingerprint density at radius 3 is 2.64 bits per heavy atom. The van der Waals surface area contributed by atoms with E-state index in [-0.39, 0.29) is 5.54 Å². The summed E-state index contributed by atoms with van der Waals surface area (Å²) in [6.07, 6.45) is 5.13.